The SMILES string of the molecule is Cc1cc(N(CCC#N)C(=O)COC(=O)Cc2ccc(F)cc2)ccc1Cl. The van der Waals surface area contributed by atoms with Crippen molar-refractivity contribution in [3.05, 3.63) is 64.4 Å². The Bertz CT molecular complexity index is 863. The first kappa shape index (κ1) is 20.4. The maximum Gasteiger partial charge on any atom is 0.310 e. The van der Waals surface area contributed by atoms with Crippen LogP contribution in [0.4, 0.5) is 10.1 Å². The average molecular weight is 389 g/mol. The standard InChI is InChI=1S/C20H18ClFN2O3/c1-14-11-17(7-8-18(14)21)24(10-2-9-23)19(25)13-27-20(26)12-15-3-5-16(22)6-4-15/h3-8,11H,2,10,12-13H2,1H3. The van der Waals surface area contributed by atoms with Gasteiger partial charge in [-0.2, -0.15) is 5.26 Å². The zero-order valence-corrected chi connectivity index (χ0v) is 15.5. The zero-order valence-electron chi connectivity index (χ0n) is 14.7. The molecule has 0 bridgehead atoms. The summed E-state index contributed by atoms with van der Waals surface area (Å²) in [7, 11) is 0. The minimum Gasteiger partial charge on any atom is -0.455 e. The molecule has 140 valence electrons. The Morgan fingerprint density at radius 1 is 1.22 bits per heavy atom. The molecule has 2 aromatic rings. The second kappa shape index (κ2) is 9.70. The molecule has 0 spiro atoms. The van der Waals surface area contributed by atoms with Crippen LogP contribution in [-0.4, -0.2) is 25.0 Å². The van der Waals surface area contributed by atoms with Crippen LogP contribution < -0.4 is 4.90 Å². The fraction of sp³-hybridized carbons (Fsp3) is 0.250. The van der Waals surface area contributed by atoms with E-state index in [1.54, 1.807) is 18.2 Å². The number of esters is 1. The summed E-state index contributed by atoms with van der Waals surface area (Å²) in [5.41, 5.74) is 1.95. The van der Waals surface area contributed by atoms with Gasteiger partial charge >= 0.3 is 5.97 Å². The Kier molecular flexibility index (Phi) is 7.33. The van der Waals surface area contributed by atoms with Crippen LogP contribution >= 0.6 is 11.6 Å². The Morgan fingerprint density at radius 2 is 1.93 bits per heavy atom. The van der Waals surface area contributed by atoms with E-state index in [4.69, 9.17) is 21.6 Å². The minimum absolute atomic E-state index is 0.0637. The minimum atomic E-state index is -0.595. The van der Waals surface area contributed by atoms with Gasteiger partial charge in [-0.15, -0.1) is 0 Å². The molecule has 0 heterocycles. The molecule has 0 aliphatic rings. The van der Waals surface area contributed by atoms with E-state index in [2.05, 4.69) is 0 Å². The number of nitrogens with zero attached hydrogens (tertiary/aromatic N) is 2. The molecule has 0 radical (unpaired) electrons. The summed E-state index contributed by atoms with van der Waals surface area (Å²) in [6, 6.07) is 12.5. The number of halogens is 2. The van der Waals surface area contributed by atoms with E-state index in [1.807, 2.05) is 13.0 Å². The van der Waals surface area contributed by atoms with Crippen LogP contribution in [0.15, 0.2) is 42.5 Å². The summed E-state index contributed by atoms with van der Waals surface area (Å²) in [6.07, 6.45) is 0.0722. The van der Waals surface area contributed by atoms with Gasteiger partial charge in [0.15, 0.2) is 6.61 Å². The Labute approximate surface area is 161 Å². The molecule has 0 atom stereocenters. The lowest BCUT2D eigenvalue weighted by Gasteiger charge is -2.22. The maximum atomic E-state index is 12.9. The Balaban J connectivity index is 2.00. The van der Waals surface area contributed by atoms with Gasteiger partial charge in [0.2, 0.25) is 0 Å². The van der Waals surface area contributed by atoms with Crippen molar-refractivity contribution in [2.45, 2.75) is 19.8 Å². The van der Waals surface area contributed by atoms with Crippen LogP contribution in [0.1, 0.15) is 17.5 Å². The van der Waals surface area contributed by atoms with E-state index in [9.17, 15) is 14.0 Å². The number of nitriles is 1. The molecule has 2 aromatic carbocycles. The highest BCUT2D eigenvalue weighted by Gasteiger charge is 2.18. The van der Waals surface area contributed by atoms with Gasteiger partial charge in [0.05, 0.1) is 18.9 Å². The molecule has 27 heavy (non-hydrogen) atoms. The van der Waals surface area contributed by atoms with Crippen molar-refractivity contribution in [2.24, 2.45) is 0 Å². The van der Waals surface area contributed by atoms with Crippen LogP contribution in [0.5, 0.6) is 0 Å². The van der Waals surface area contributed by atoms with E-state index >= 15 is 0 Å². The van der Waals surface area contributed by atoms with E-state index in [-0.39, 0.29) is 19.4 Å². The van der Waals surface area contributed by atoms with Crippen molar-refractivity contribution in [3.63, 3.8) is 0 Å². The van der Waals surface area contributed by atoms with Crippen molar-refractivity contribution < 1.29 is 18.7 Å². The molecule has 2 rings (SSSR count). The van der Waals surface area contributed by atoms with Crippen molar-refractivity contribution in [3.8, 4) is 6.07 Å². The van der Waals surface area contributed by atoms with E-state index < -0.39 is 24.3 Å². The Morgan fingerprint density at radius 3 is 2.56 bits per heavy atom. The number of carbonyl (C=O) groups excluding carboxylic acids is 2. The predicted octanol–water partition coefficient (Wildman–Crippen LogP) is 3.82. The molecule has 0 aliphatic carbocycles. The first-order valence-corrected chi connectivity index (χ1v) is 8.62. The largest absolute Gasteiger partial charge is 0.455 e. The monoisotopic (exact) mass is 388 g/mol. The quantitative estimate of drug-likeness (QED) is 0.676. The average Bonchev–Trinajstić information content (AvgIpc) is 2.65. The number of benzene rings is 2. The summed E-state index contributed by atoms with van der Waals surface area (Å²) in [5, 5.41) is 9.39. The van der Waals surface area contributed by atoms with Gasteiger partial charge in [-0.1, -0.05) is 23.7 Å². The molecule has 5 nitrogen and oxygen atoms in total. The third-order valence-corrected chi connectivity index (χ3v) is 4.24. The molecule has 0 N–H and O–H groups in total. The Hall–Kier alpha value is -2.91. The number of anilines is 1. The number of amides is 1. The van der Waals surface area contributed by atoms with E-state index in [0.717, 1.165) is 5.56 Å². The highest BCUT2D eigenvalue weighted by molar-refractivity contribution is 6.31. The van der Waals surface area contributed by atoms with E-state index in [1.165, 1.54) is 29.2 Å². The van der Waals surface area contributed by atoms with Gasteiger partial charge in [0.1, 0.15) is 5.82 Å². The molecular formula is C20H18ClFN2O3. The summed E-state index contributed by atoms with van der Waals surface area (Å²) in [5.74, 6) is -1.43. The lowest BCUT2D eigenvalue weighted by atomic mass is 10.1. The lowest BCUT2D eigenvalue weighted by Crippen LogP contribution is -2.35. The van der Waals surface area contributed by atoms with Gasteiger partial charge in [-0.3, -0.25) is 9.59 Å². The molecule has 0 aliphatic heterocycles. The van der Waals surface area contributed by atoms with Gasteiger partial charge in [-0.25, -0.2) is 4.39 Å². The van der Waals surface area contributed by atoms with Gasteiger partial charge in [0.25, 0.3) is 5.91 Å². The highest BCUT2D eigenvalue weighted by atomic mass is 35.5. The molecular weight excluding hydrogens is 371 g/mol. The molecule has 1 amide bonds. The summed E-state index contributed by atoms with van der Waals surface area (Å²) >= 11 is 6.01. The van der Waals surface area contributed by atoms with Crippen molar-refractivity contribution >= 4 is 29.2 Å². The first-order chi connectivity index (χ1) is 12.9. The fourth-order valence-corrected chi connectivity index (χ4v) is 2.51. The second-order valence-electron chi connectivity index (χ2n) is 5.85. The van der Waals surface area contributed by atoms with Gasteiger partial charge < -0.3 is 9.64 Å². The topological polar surface area (TPSA) is 70.4 Å². The van der Waals surface area contributed by atoms with Crippen LogP contribution in [-0.2, 0) is 20.7 Å². The van der Waals surface area contributed by atoms with Crippen molar-refractivity contribution in [1.29, 1.82) is 5.26 Å². The molecule has 0 fully saturated rings. The smallest absolute Gasteiger partial charge is 0.310 e. The number of rotatable bonds is 7. The molecule has 0 saturated carbocycles. The number of aryl methyl sites for hydroxylation is 1. The maximum absolute atomic E-state index is 12.9. The molecule has 7 heteroatoms. The van der Waals surface area contributed by atoms with Crippen LogP contribution in [0.2, 0.25) is 5.02 Å². The lowest BCUT2D eigenvalue weighted by molar-refractivity contribution is -0.147. The summed E-state index contributed by atoms with van der Waals surface area (Å²) in [4.78, 5) is 25.8. The fourth-order valence-electron chi connectivity index (χ4n) is 2.40. The van der Waals surface area contributed by atoms with Crippen molar-refractivity contribution in [2.75, 3.05) is 18.1 Å². The predicted molar refractivity (Wildman–Crippen MR) is 99.8 cm³/mol. The summed E-state index contributed by atoms with van der Waals surface area (Å²) in [6.45, 7) is 1.53. The number of carbonyl (C=O) groups is 2. The second-order valence-corrected chi connectivity index (χ2v) is 6.26. The van der Waals surface area contributed by atoms with Gasteiger partial charge in [0, 0.05) is 17.3 Å². The van der Waals surface area contributed by atoms with Crippen LogP contribution in [0, 0.1) is 24.1 Å². The normalized spacial score (nSPS) is 10.1. The molecule has 0 saturated heterocycles. The molecule has 0 unspecified atom stereocenters. The third kappa shape index (κ3) is 6.08. The number of hydrogen-bond acceptors (Lipinski definition) is 4. The highest BCUT2D eigenvalue weighted by Crippen LogP contribution is 2.23. The van der Waals surface area contributed by atoms with Crippen LogP contribution in [0.25, 0.3) is 0 Å². The van der Waals surface area contributed by atoms with Crippen LogP contribution in [0.3, 0.4) is 0 Å². The number of hydrogen-bond donors (Lipinski definition) is 0. The number of ether oxygens (including phenoxy) is 1. The van der Waals surface area contributed by atoms with Crippen molar-refractivity contribution in [1.82, 2.24) is 0 Å². The molecule has 0 aromatic heterocycles. The van der Waals surface area contributed by atoms with E-state index in [0.29, 0.717) is 16.3 Å². The summed E-state index contributed by atoms with van der Waals surface area (Å²) < 4.78 is 17.9. The third-order valence-electron chi connectivity index (χ3n) is 3.82. The zero-order chi connectivity index (χ0) is 19.8. The van der Waals surface area contributed by atoms with Gasteiger partial charge in [-0.05, 0) is 48.4 Å². The first-order valence-electron chi connectivity index (χ1n) is 8.24.